The quantitative estimate of drug-likeness (QED) is 0.295. The van der Waals surface area contributed by atoms with E-state index >= 15 is 0 Å². The summed E-state index contributed by atoms with van der Waals surface area (Å²) >= 11 is 0. The summed E-state index contributed by atoms with van der Waals surface area (Å²) in [6, 6.07) is 0. The van der Waals surface area contributed by atoms with Crippen LogP contribution in [0.2, 0.25) is 0 Å². The van der Waals surface area contributed by atoms with Crippen molar-refractivity contribution in [3.63, 3.8) is 0 Å². The molecule has 0 fully saturated rings. The molecule has 0 spiro atoms. The van der Waals surface area contributed by atoms with Gasteiger partial charge in [0, 0.05) is 26.6 Å². The molecule has 0 unspecified atom stereocenters. The van der Waals surface area contributed by atoms with Crippen molar-refractivity contribution < 1.29 is 9.53 Å². The van der Waals surface area contributed by atoms with E-state index < -0.39 is 0 Å². The molecule has 16 heavy (non-hydrogen) atoms. The fourth-order valence-electron chi connectivity index (χ4n) is 1.17. The predicted octanol–water partition coefficient (Wildman–Crippen LogP) is 0.905. The lowest BCUT2D eigenvalue weighted by molar-refractivity contribution is -0.140. The van der Waals surface area contributed by atoms with E-state index in [2.05, 4.69) is 27.3 Å². The first-order valence-electron chi connectivity index (χ1n) is 5.76. The molecule has 94 valence electrons. The second kappa shape index (κ2) is 10.3. The number of nitrogens with zero attached hydrogens (tertiary/aromatic N) is 1. The summed E-state index contributed by atoms with van der Waals surface area (Å²) in [7, 11) is 3.16. The van der Waals surface area contributed by atoms with Crippen molar-refractivity contribution in [3.8, 4) is 0 Å². The molecule has 0 heterocycles. The van der Waals surface area contributed by atoms with Crippen molar-refractivity contribution in [2.45, 2.75) is 32.6 Å². The summed E-state index contributed by atoms with van der Waals surface area (Å²) in [6.07, 6.45) is 3.33. The highest BCUT2D eigenvalue weighted by atomic mass is 16.5. The number of esters is 1. The van der Waals surface area contributed by atoms with E-state index in [4.69, 9.17) is 0 Å². The Morgan fingerprint density at radius 1 is 1.25 bits per heavy atom. The number of rotatable bonds is 7. The lowest BCUT2D eigenvalue weighted by Crippen LogP contribution is -2.38. The van der Waals surface area contributed by atoms with Gasteiger partial charge >= 0.3 is 5.97 Å². The molecule has 0 atom stereocenters. The standard InChI is InChI=1S/C11H23N3O2/c1-4-8-13-11(12-2)14-9-6-5-7-10(15)16-3/h4-9H2,1-3H3,(H2,12,13,14). The molecule has 5 nitrogen and oxygen atoms in total. The third-order valence-corrected chi connectivity index (χ3v) is 2.09. The number of aliphatic imine (C=N–C) groups is 1. The second-order valence-electron chi connectivity index (χ2n) is 3.46. The normalized spacial score (nSPS) is 11.1. The molecule has 0 aromatic carbocycles. The summed E-state index contributed by atoms with van der Waals surface area (Å²) in [4.78, 5) is 14.9. The van der Waals surface area contributed by atoms with Gasteiger partial charge in [-0.25, -0.2) is 0 Å². The van der Waals surface area contributed by atoms with Gasteiger partial charge in [0.1, 0.15) is 0 Å². The van der Waals surface area contributed by atoms with Crippen LogP contribution in [-0.4, -0.2) is 39.2 Å². The Kier molecular flexibility index (Phi) is 9.46. The van der Waals surface area contributed by atoms with Crippen LogP contribution in [0.4, 0.5) is 0 Å². The molecular weight excluding hydrogens is 206 g/mol. The molecule has 5 heteroatoms. The third kappa shape index (κ3) is 8.08. The average molecular weight is 229 g/mol. The molecule has 0 aliphatic heterocycles. The maximum Gasteiger partial charge on any atom is 0.305 e. The molecule has 0 bridgehead atoms. The van der Waals surface area contributed by atoms with Crippen LogP contribution in [0.5, 0.6) is 0 Å². The van der Waals surface area contributed by atoms with Crippen molar-refractivity contribution in [3.05, 3.63) is 0 Å². The summed E-state index contributed by atoms with van der Waals surface area (Å²) in [5.74, 6) is 0.674. The molecule has 0 radical (unpaired) electrons. The van der Waals surface area contributed by atoms with E-state index in [9.17, 15) is 4.79 Å². The van der Waals surface area contributed by atoms with Gasteiger partial charge in [0.25, 0.3) is 0 Å². The van der Waals surface area contributed by atoms with E-state index in [0.29, 0.717) is 6.42 Å². The van der Waals surface area contributed by atoms with Crippen LogP contribution < -0.4 is 10.6 Å². The van der Waals surface area contributed by atoms with Crippen molar-refractivity contribution in [2.75, 3.05) is 27.2 Å². The molecular formula is C11H23N3O2. The maximum absolute atomic E-state index is 10.8. The minimum absolute atomic E-state index is 0.145. The van der Waals surface area contributed by atoms with Crippen molar-refractivity contribution in [1.82, 2.24) is 10.6 Å². The number of hydrogen-bond donors (Lipinski definition) is 2. The zero-order valence-electron chi connectivity index (χ0n) is 10.5. The molecule has 0 aromatic heterocycles. The monoisotopic (exact) mass is 229 g/mol. The van der Waals surface area contributed by atoms with Crippen molar-refractivity contribution in [2.24, 2.45) is 4.99 Å². The Bertz CT molecular complexity index is 217. The van der Waals surface area contributed by atoms with Crippen molar-refractivity contribution >= 4 is 11.9 Å². The van der Waals surface area contributed by atoms with Crippen LogP contribution in [0.1, 0.15) is 32.6 Å². The van der Waals surface area contributed by atoms with E-state index in [1.165, 1.54) is 7.11 Å². The summed E-state index contributed by atoms with van der Waals surface area (Å²) in [5.41, 5.74) is 0. The Balaban J connectivity index is 3.45. The lowest BCUT2D eigenvalue weighted by Gasteiger charge is -2.10. The van der Waals surface area contributed by atoms with Gasteiger partial charge in [0.15, 0.2) is 5.96 Å². The van der Waals surface area contributed by atoms with Gasteiger partial charge in [-0.05, 0) is 19.3 Å². The van der Waals surface area contributed by atoms with E-state index in [1.807, 2.05) is 0 Å². The SMILES string of the molecule is CCCNC(=NC)NCCCCC(=O)OC. The topological polar surface area (TPSA) is 62.7 Å². The first kappa shape index (κ1) is 14.7. The molecule has 0 saturated carbocycles. The minimum Gasteiger partial charge on any atom is -0.469 e. The summed E-state index contributed by atoms with van der Waals surface area (Å²) in [5, 5.41) is 6.36. The van der Waals surface area contributed by atoms with Gasteiger partial charge in [0.2, 0.25) is 0 Å². The number of guanidine groups is 1. The zero-order valence-corrected chi connectivity index (χ0v) is 10.5. The number of carbonyl (C=O) groups is 1. The molecule has 0 saturated heterocycles. The smallest absolute Gasteiger partial charge is 0.305 e. The predicted molar refractivity (Wildman–Crippen MR) is 65.5 cm³/mol. The minimum atomic E-state index is -0.145. The number of nitrogens with one attached hydrogen (secondary N) is 2. The Hall–Kier alpha value is -1.26. The van der Waals surface area contributed by atoms with Crippen LogP contribution in [0.15, 0.2) is 4.99 Å². The van der Waals surface area contributed by atoms with Crippen LogP contribution >= 0.6 is 0 Å². The second-order valence-corrected chi connectivity index (χ2v) is 3.46. The third-order valence-electron chi connectivity index (χ3n) is 2.09. The van der Waals surface area contributed by atoms with Gasteiger partial charge in [-0.15, -0.1) is 0 Å². The van der Waals surface area contributed by atoms with Gasteiger partial charge < -0.3 is 15.4 Å². The fraction of sp³-hybridized carbons (Fsp3) is 0.818. The maximum atomic E-state index is 10.8. The molecule has 0 amide bonds. The molecule has 0 rings (SSSR count). The van der Waals surface area contributed by atoms with E-state index in [0.717, 1.165) is 38.3 Å². The number of carbonyl (C=O) groups excluding carboxylic acids is 1. The average Bonchev–Trinajstić information content (AvgIpc) is 2.32. The first-order valence-corrected chi connectivity index (χ1v) is 5.76. The molecule has 0 aliphatic rings. The Morgan fingerprint density at radius 3 is 2.50 bits per heavy atom. The highest BCUT2D eigenvalue weighted by molar-refractivity contribution is 5.79. The Morgan fingerprint density at radius 2 is 1.94 bits per heavy atom. The zero-order chi connectivity index (χ0) is 12.2. The van der Waals surface area contributed by atoms with Crippen LogP contribution in [-0.2, 0) is 9.53 Å². The van der Waals surface area contributed by atoms with Gasteiger partial charge in [-0.1, -0.05) is 6.92 Å². The lowest BCUT2D eigenvalue weighted by atomic mass is 10.2. The van der Waals surface area contributed by atoms with Crippen LogP contribution in [0, 0.1) is 0 Å². The van der Waals surface area contributed by atoms with E-state index in [-0.39, 0.29) is 5.97 Å². The van der Waals surface area contributed by atoms with Gasteiger partial charge in [-0.2, -0.15) is 0 Å². The van der Waals surface area contributed by atoms with Gasteiger partial charge in [-0.3, -0.25) is 9.79 Å². The fourth-order valence-corrected chi connectivity index (χ4v) is 1.17. The molecule has 0 aromatic rings. The highest BCUT2D eigenvalue weighted by Gasteiger charge is 1.99. The molecule has 2 N–H and O–H groups in total. The Labute approximate surface area is 97.7 Å². The molecule has 0 aliphatic carbocycles. The van der Waals surface area contributed by atoms with Crippen molar-refractivity contribution in [1.29, 1.82) is 0 Å². The highest BCUT2D eigenvalue weighted by Crippen LogP contribution is 1.95. The first-order chi connectivity index (χ1) is 7.74. The number of methoxy groups -OCH3 is 1. The number of hydrogen-bond acceptors (Lipinski definition) is 3. The van der Waals surface area contributed by atoms with Gasteiger partial charge in [0.05, 0.1) is 7.11 Å². The summed E-state index contributed by atoms with van der Waals surface area (Å²) < 4.78 is 4.56. The van der Waals surface area contributed by atoms with E-state index in [1.54, 1.807) is 7.05 Å². The number of unbranched alkanes of at least 4 members (excludes halogenated alkanes) is 1. The largest absolute Gasteiger partial charge is 0.469 e. The number of ether oxygens (including phenoxy) is 1. The summed E-state index contributed by atoms with van der Waals surface area (Å²) in [6.45, 7) is 3.85. The van der Waals surface area contributed by atoms with Crippen LogP contribution in [0.25, 0.3) is 0 Å². The van der Waals surface area contributed by atoms with Crippen LogP contribution in [0.3, 0.4) is 0 Å².